The maximum atomic E-state index is 6.01. The number of rotatable bonds is 5. The lowest BCUT2D eigenvalue weighted by Gasteiger charge is -2.13. The van der Waals surface area contributed by atoms with Gasteiger partial charge in [0.15, 0.2) is 0 Å². The van der Waals surface area contributed by atoms with Crippen LogP contribution in [0.15, 0.2) is 36.7 Å². The van der Waals surface area contributed by atoms with Crippen LogP contribution in [0.25, 0.3) is 0 Å². The van der Waals surface area contributed by atoms with Crippen LogP contribution in [0.4, 0.5) is 11.6 Å². The number of aromatic nitrogens is 2. The maximum absolute atomic E-state index is 6.01. The molecule has 0 fully saturated rings. The lowest BCUT2D eigenvalue weighted by Crippen LogP contribution is -2.08. The van der Waals surface area contributed by atoms with E-state index in [0.29, 0.717) is 22.6 Å². The fourth-order valence-electron chi connectivity index (χ4n) is 1.86. The van der Waals surface area contributed by atoms with Crippen LogP contribution in [-0.2, 0) is 0 Å². The first-order valence-electron chi connectivity index (χ1n) is 6.23. The van der Waals surface area contributed by atoms with E-state index in [1.807, 2.05) is 6.07 Å². The number of halogens is 1. The van der Waals surface area contributed by atoms with Gasteiger partial charge in [0.1, 0.15) is 23.0 Å². The summed E-state index contributed by atoms with van der Waals surface area (Å²) in [5.41, 5.74) is 6.95. The van der Waals surface area contributed by atoms with Gasteiger partial charge in [0.25, 0.3) is 0 Å². The van der Waals surface area contributed by atoms with Gasteiger partial charge in [0.05, 0.1) is 0 Å². The van der Waals surface area contributed by atoms with Crippen LogP contribution in [0, 0.1) is 0 Å². The summed E-state index contributed by atoms with van der Waals surface area (Å²) in [6.07, 6.45) is 2.40. The minimum absolute atomic E-state index is 0.301. The molecule has 19 heavy (non-hydrogen) atoms. The zero-order chi connectivity index (χ0) is 13.7. The Kier molecular flexibility index (Phi) is 4.58. The van der Waals surface area contributed by atoms with Crippen molar-refractivity contribution in [1.82, 2.24) is 9.97 Å². The summed E-state index contributed by atoms with van der Waals surface area (Å²) in [7, 11) is 0. The standard InChI is InChI=1S/C14H17ClN4/c1-10(11-5-3-2-4-6-11)7-8-17-14-12(15)13(16)18-9-19-14/h2-6,9-10H,7-8H2,1H3,(H3,16,17,18,19). The molecule has 1 atom stereocenters. The van der Waals surface area contributed by atoms with Crippen molar-refractivity contribution in [1.29, 1.82) is 0 Å². The van der Waals surface area contributed by atoms with Gasteiger partial charge in [-0.3, -0.25) is 0 Å². The third kappa shape index (κ3) is 3.58. The Balaban J connectivity index is 1.88. The number of hydrogen-bond donors (Lipinski definition) is 2. The first-order chi connectivity index (χ1) is 9.18. The van der Waals surface area contributed by atoms with Crippen molar-refractivity contribution in [3.63, 3.8) is 0 Å². The molecule has 0 bridgehead atoms. The zero-order valence-corrected chi connectivity index (χ0v) is 11.6. The minimum atomic E-state index is 0.301. The topological polar surface area (TPSA) is 63.8 Å². The van der Waals surface area contributed by atoms with Crippen LogP contribution in [0.3, 0.4) is 0 Å². The second-order valence-corrected chi connectivity index (χ2v) is 4.83. The summed E-state index contributed by atoms with van der Waals surface area (Å²) in [6.45, 7) is 2.99. The molecule has 100 valence electrons. The highest BCUT2D eigenvalue weighted by Gasteiger charge is 2.08. The molecule has 4 nitrogen and oxygen atoms in total. The SMILES string of the molecule is CC(CCNc1ncnc(N)c1Cl)c1ccccc1. The molecule has 5 heteroatoms. The van der Waals surface area contributed by atoms with E-state index >= 15 is 0 Å². The molecular weight excluding hydrogens is 260 g/mol. The monoisotopic (exact) mass is 276 g/mol. The van der Waals surface area contributed by atoms with E-state index in [-0.39, 0.29) is 0 Å². The number of nitrogens with zero attached hydrogens (tertiary/aromatic N) is 2. The zero-order valence-electron chi connectivity index (χ0n) is 10.8. The molecule has 2 aromatic rings. The van der Waals surface area contributed by atoms with Crippen LogP contribution in [-0.4, -0.2) is 16.5 Å². The third-order valence-electron chi connectivity index (χ3n) is 3.05. The summed E-state index contributed by atoms with van der Waals surface area (Å²) in [4.78, 5) is 7.90. The molecule has 1 aromatic carbocycles. The number of nitrogen functional groups attached to an aromatic ring is 1. The van der Waals surface area contributed by atoms with Gasteiger partial charge < -0.3 is 11.1 Å². The predicted octanol–water partition coefficient (Wildman–Crippen LogP) is 3.32. The number of nitrogens with one attached hydrogen (secondary N) is 1. The average molecular weight is 277 g/mol. The van der Waals surface area contributed by atoms with Gasteiger partial charge in [-0.2, -0.15) is 0 Å². The van der Waals surface area contributed by atoms with Crippen LogP contribution < -0.4 is 11.1 Å². The number of hydrogen-bond acceptors (Lipinski definition) is 4. The number of nitrogens with two attached hydrogens (primary N) is 1. The van der Waals surface area contributed by atoms with Gasteiger partial charge >= 0.3 is 0 Å². The molecule has 0 saturated carbocycles. The van der Waals surface area contributed by atoms with Gasteiger partial charge in [0, 0.05) is 6.54 Å². The van der Waals surface area contributed by atoms with Crippen molar-refractivity contribution in [2.75, 3.05) is 17.6 Å². The molecular formula is C14H17ClN4. The first kappa shape index (κ1) is 13.6. The summed E-state index contributed by atoms with van der Waals surface area (Å²) >= 11 is 6.01. The molecule has 0 aliphatic carbocycles. The highest BCUT2D eigenvalue weighted by atomic mass is 35.5. The lowest BCUT2D eigenvalue weighted by atomic mass is 9.98. The molecule has 1 aromatic heterocycles. The predicted molar refractivity (Wildman–Crippen MR) is 79.4 cm³/mol. The van der Waals surface area contributed by atoms with Crippen molar-refractivity contribution in [3.8, 4) is 0 Å². The molecule has 0 radical (unpaired) electrons. The fourth-order valence-corrected chi connectivity index (χ4v) is 2.03. The molecule has 0 amide bonds. The molecule has 0 aliphatic heterocycles. The maximum Gasteiger partial charge on any atom is 0.150 e. The van der Waals surface area contributed by atoms with Crippen molar-refractivity contribution < 1.29 is 0 Å². The quantitative estimate of drug-likeness (QED) is 0.879. The molecule has 0 aliphatic rings. The number of benzene rings is 1. The third-order valence-corrected chi connectivity index (χ3v) is 3.43. The van der Waals surface area contributed by atoms with Crippen LogP contribution in [0.5, 0.6) is 0 Å². The average Bonchev–Trinajstić information content (AvgIpc) is 2.44. The Morgan fingerprint density at radius 2 is 2.00 bits per heavy atom. The second kappa shape index (κ2) is 6.38. The highest BCUT2D eigenvalue weighted by molar-refractivity contribution is 6.35. The normalized spacial score (nSPS) is 12.1. The van der Waals surface area contributed by atoms with Crippen molar-refractivity contribution in [2.45, 2.75) is 19.3 Å². The van der Waals surface area contributed by atoms with Crippen LogP contribution in [0.2, 0.25) is 5.02 Å². The summed E-state index contributed by atoms with van der Waals surface area (Å²) in [5.74, 6) is 1.37. The second-order valence-electron chi connectivity index (χ2n) is 4.45. The lowest BCUT2D eigenvalue weighted by molar-refractivity contribution is 0.705. The summed E-state index contributed by atoms with van der Waals surface area (Å²) in [5, 5.41) is 3.58. The van der Waals surface area contributed by atoms with E-state index in [4.69, 9.17) is 17.3 Å². The van der Waals surface area contributed by atoms with Gasteiger partial charge in [-0.1, -0.05) is 48.9 Å². The van der Waals surface area contributed by atoms with Gasteiger partial charge in [0.2, 0.25) is 0 Å². The van der Waals surface area contributed by atoms with Gasteiger partial charge in [-0.05, 0) is 17.9 Å². The Morgan fingerprint density at radius 3 is 2.74 bits per heavy atom. The van der Waals surface area contributed by atoms with Crippen LogP contribution >= 0.6 is 11.6 Å². The Bertz CT molecular complexity index is 530. The highest BCUT2D eigenvalue weighted by Crippen LogP contribution is 2.24. The smallest absolute Gasteiger partial charge is 0.150 e. The van der Waals surface area contributed by atoms with E-state index in [1.165, 1.54) is 11.9 Å². The van der Waals surface area contributed by atoms with Crippen molar-refractivity contribution in [2.24, 2.45) is 0 Å². The molecule has 3 N–H and O–H groups in total. The largest absolute Gasteiger partial charge is 0.382 e. The Hall–Kier alpha value is -1.81. The van der Waals surface area contributed by atoms with E-state index in [1.54, 1.807) is 0 Å². The van der Waals surface area contributed by atoms with Crippen molar-refractivity contribution >= 4 is 23.2 Å². The summed E-state index contributed by atoms with van der Waals surface area (Å²) in [6, 6.07) is 10.4. The van der Waals surface area contributed by atoms with E-state index in [0.717, 1.165) is 13.0 Å². The van der Waals surface area contributed by atoms with E-state index < -0.39 is 0 Å². The molecule has 1 heterocycles. The summed E-state index contributed by atoms with van der Waals surface area (Å²) < 4.78 is 0. The van der Waals surface area contributed by atoms with Gasteiger partial charge in [-0.25, -0.2) is 9.97 Å². The fraction of sp³-hybridized carbons (Fsp3) is 0.286. The Labute approximate surface area is 118 Å². The molecule has 1 unspecified atom stereocenters. The first-order valence-corrected chi connectivity index (χ1v) is 6.61. The number of anilines is 2. The van der Waals surface area contributed by atoms with E-state index in [9.17, 15) is 0 Å². The van der Waals surface area contributed by atoms with Gasteiger partial charge in [-0.15, -0.1) is 0 Å². The minimum Gasteiger partial charge on any atom is -0.382 e. The molecule has 0 saturated heterocycles. The molecule has 2 rings (SSSR count). The van der Waals surface area contributed by atoms with E-state index in [2.05, 4.69) is 46.5 Å². The Morgan fingerprint density at radius 1 is 1.26 bits per heavy atom. The van der Waals surface area contributed by atoms with Crippen molar-refractivity contribution in [3.05, 3.63) is 47.2 Å². The molecule has 0 spiro atoms. The van der Waals surface area contributed by atoms with Crippen LogP contribution in [0.1, 0.15) is 24.8 Å².